The lowest BCUT2D eigenvalue weighted by molar-refractivity contribution is 1.00. The Kier molecular flexibility index (Phi) is 3.55. The predicted octanol–water partition coefficient (Wildman–Crippen LogP) is 3.74. The van der Waals surface area contributed by atoms with Crippen LogP contribution in [0.1, 0.15) is 12.5 Å². The van der Waals surface area contributed by atoms with Crippen LogP contribution in [0.3, 0.4) is 0 Å². The molecule has 1 unspecified atom stereocenters. The zero-order valence-electron chi connectivity index (χ0n) is 7.97. The lowest BCUT2D eigenvalue weighted by atomic mass is 10.2. The average molecular weight is 240 g/mol. The minimum atomic E-state index is 0.301. The summed E-state index contributed by atoms with van der Waals surface area (Å²) in [5.74, 6) is 0. The smallest absolute Gasteiger partial charge is 0.0413 e. The Morgan fingerprint density at radius 1 is 1.54 bits per heavy atom. The number of nitrogens with one attached hydrogen (secondary N) is 1. The molecule has 1 atom stereocenters. The van der Waals surface area contributed by atoms with Crippen LogP contribution in [0.4, 0.5) is 5.69 Å². The summed E-state index contributed by atoms with van der Waals surface area (Å²) in [6, 6.07) is 6.53. The molecule has 0 fully saturated rings. The second-order valence-corrected chi connectivity index (χ2v) is 3.99. The van der Waals surface area contributed by atoms with Gasteiger partial charge in [0.15, 0.2) is 0 Å². The van der Waals surface area contributed by atoms with Crippen LogP contribution in [0.25, 0.3) is 0 Å². The van der Waals surface area contributed by atoms with E-state index in [1.54, 1.807) is 0 Å². The second-order valence-electron chi connectivity index (χ2n) is 3.13. The third-order valence-electron chi connectivity index (χ3n) is 1.92. The van der Waals surface area contributed by atoms with Crippen LogP contribution < -0.4 is 5.32 Å². The molecular weight excluding hydrogens is 226 g/mol. The number of anilines is 1. The van der Waals surface area contributed by atoms with Crippen LogP contribution >= 0.6 is 15.9 Å². The van der Waals surface area contributed by atoms with Crippen molar-refractivity contribution in [3.8, 4) is 0 Å². The maximum absolute atomic E-state index is 3.72. The van der Waals surface area contributed by atoms with E-state index >= 15 is 0 Å². The van der Waals surface area contributed by atoms with Crippen molar-refractivity contribution in [3.05, 3.63) is 40.9 Å². The van der Waals surface area contributed by atoms with Gasteiger partial charge in [-0.15, -0.1) is 6.58 Å². The number of rotatable bonds is 3. The molecule has 0 aliphatic rings. The van der Waals surface area contributed by atoms with Crippen molar-refractivity contribution in [1.29, 1.82) is 0 Å². The highest BCUT2D eigenvalue weighted by molar-refractivity contribution is 9.10. The van der Waals surface area contributed by atoms with Gasteiger partial charge in [0.05, 0.1) is 0 Å². The van der Waals surface area contributed by atoms with Crippen LogP contribution in [-0.2, 0) is 0 Å². The molecule has 13 heavy (non-hydrogen) atoms. The zero-order chi connectivity index (χ0) is 9.84. The Morgan fingerprint density at radius 2 is 2.23 bits per heavy atom. The predicted molar refractivity (Wildman–Crippen MR) is 62.2 cm³/mol. The maximum atomic E-state index is 3.72. The van der Waals surface area contributed by atoms with Crippen molar-refractivity contribution in [2.75, 3.05) is 5.32 Å². The summed E-state index contributed by atoms with van der Waals surface area (Å²) in [6.45, 7) is 7.87. The Bertz CT molecular complexity index is 307. The summed E-state index contributed by atoms with van der Waals surface area (Å²) >= 11 is 3.49. The first-order valence-corrected chi connectivity index (χ1v) is 5.08. The second kappa shape index (κ2) is 4.47. The fourth-order valence-corrected chi connectivity index (χ4v) is 1.38. The highest BCUT2D eigenvalue weighted by Gasteiger charge is 1.98. The maximum Gasteiger partial charge on any atom is 0.0413 e. The van der Waals surface area contributed by atoms with Crippen LogP contribution in [0.5, 0.6) is 0 Å². The summed E-state index contributed by atoms with van der Waals surface area (Å²) in [6.07, 6.45) is 1.88. The molecule has 0 saturated heterocycles. The fourth-order valence-electron chi connectivity index (χ4n) is 1.00. The number of hydrogen-bond acceptors (Lipinski definition) is 1. The largest absolute Gasteiger partial charge is 0.379 e. The normalized spacial score (nSPS) is 12.2. The average Bonchev–Trinajstić information content (AvgIpc) is 2.11. The molecule has 1 nitrogen and oxygen atoms in total. The number of halogens is 1. The van der Waals surface area contributed by atoms with Crippen LogP contribution in [0.15, 0.2) is 35.3 Å². The Labute approximate surface area is 88.0 Å². The fraction of sp³-hybridized carbons (Fsp3) is 0.273. The molecule has 0 saturated carbocycles. The van der Waals surface area contributed by atoms with Gasteiger partial charge in [-0.25, -0.2) is 0 Å². The molecule has 1 N–H and O–H groups in total. The van der Waals surface area contributed by atoms with Gasteiger partial charge in [0.25, 0.3) is 0 Å². The summed E-state index contributed by atoms with van der Waals surface area (Å²) in [5.41, 5.74) is 2.36. The Morgan fingerprint density at radius 3 is 2.77 bits per heavy atom. The summed E-state index contributed by atoms with van der Waals surface area (Å²) < 4.78 is 1.13. The summed E-state index contributed by atoms with van der Waals surface area (Å²) in [4.78, 5) is 0. The molecule has 0 aliphatic carbocycles. The van der Waals surface area contributed by atoms with Gasteiger partial charge in [-0.05, 0) is 31.5 Å². The molecule has 0 amide bonds. The van der Waals surface area contributed by atoms with E-state index < -0.39 is 0 Å². The topological polar surface area (TPSA) is 12.0 Å². The minimum Gasteiger partial charge on any atom is -0.379 e. The quantitative estimate of drug-likeness (QED) is 0.793. The van der Waals surface area contributed by atoms with E-state index in [0.717, 1.165) is 10.2 Å². The third-order valence-corrected chi connectivity index (χ3v) is 2.77. The molecule has 0 heterocycles. The highest BCUT2D eigenvalue weighted by atomic mass is 79.9. The van der Waals surface area contributed by atoms with E-state index in [4.69, 9.17) is 0 Å². The van der Waals surface area contributed by atoms with E-state index in [1.165, 1.54) is 5.56 Å². The molecular formula is C11H14BrN. The Hall–Kier alpha value is -0.760. The van der Waals surface area contributed by atoms with Crippen molar-refractivity contribution >= 4 is 21.6 Å². The van der Waals surface area contributed by atoms with E-state index in [1.807, 2.05) is 6.08 Å². The van der Waals surface area contributed by atoms with Crippen molar-refractivity contribution in [1.82, 2.24) is 0 Å². The van der Waals surface area contributed by atoms with E-state index in [9.17, 15) is 0 Å². The Balaban J connectivity index is 2.79. The third kappa shape index (κ3) is 2.88. The molecule has 2 heteroatoms. The van der Waals surface area contributed by atoms with Gasteiger partial charge in [0, 0.05) is 16.2 Å². The SMILES string of the molecule is C=CC(C)Nc1ccc(C)c(Br)c1. The van der Waals surface area contributed by atoms with Gasteiger partial charge in [0.2, 0.25) is 0 Å². The van der Waals surface area contributed by atoms with Gasteiger partial charge < -0.3 is 5.32 Å². The molecule has 0 bridgehead atoms. The summed E-state index contributed by atoms with van der Waals surface area (Å²) in [7, 11) is 0. The molecule has 70 valence electrons. The molecule has 0 spiro atoms. The highest BCUT2D eigenvalue weighted by Crippen LogP contribution is 2.20. The van der Waals surface area contributed by atoms with Gasteiger partial charge in [-0.2, -0.15) is 0 Å². The molecule has 0 radical (unpaired) electrons. The van der Waals surface area contributed by atoms with E-state index in [-0.39, 0.29) is 0 Å². The first-order chi connectivity index (χ1) is 6.13. The molecule has 1 aromatic carbocycles. The number of hydrogen-bond donors (Lipinski definition) is 1. The molecule has 1 rings (SSSR count). The molecule has 0 aliphatic heterocycles. The lowest BCUT2D eigenvalue weighted by Crippen LogP contribution is -2.10. The first-order valence-electron chi connectivity index (χ1n) is 4.28. The van der Waals surface area contributed by atoms with E-state index in [0.29, 0.717) is 6.04 Å². The zero-order valence-corrected chi connectivity index (χ0v) is 9.56. The van der Waals surface area contributed by atoms with Crippen molar-refractivity contribution < 1.29 is 0 Å². The summed E-state index contributed by atoms with van der Waals surface area (Å²) in [5, 5.41) is 3.31. The van der Waals surface area contributed by atoms with Gasteiger partial charge in [-0.3, -0.25) is 0 Å². The minimum absolute atomic E-state index is 0.301. The lowest BCUT2D eigenvalue weighted by Gasteiger charge is -2.11. The number of benzene rings is 1. The van der Waals surface area contributed by atoms with Gasteiger partial charge in [-0.1, -0.05) is 28.1 Å². The molecule has 0 aromatic heterocycles. The van der Waals surface area contributed by atoms with Crippen LogP contribution in [-0.4, -0.2) is 6.04 Å². The van der Waals surface area contributed by atoms with Crippen molar-refractivity contribution in [3.63, 3.8) is 0 Å². The van der Waals surface area contributed by atoms with Crippen LogP contribution in [0, 0.1) is 6.92 Å². The first kappa shape index (κ1) is 10.3. The standard InChI is InChI=1S/C11H14BrN/c1-4-9(3)13-10-6-5-8(2)11(12)7-10/h4-7,9,13H,1H2,2-3H3. The van der Waals surface area contributed by atoms with Crippen LogP contribution in [0.2, 0.25) is 0 Å². The van der Waals surface area contributed by atoms with E-state index in [2.05, 4.69) is 59.9 Å². The van der Waals surface area contributed by atoms with Crippen molar-refractivity contribution in [2.45, 2.75) is 19.9 Å². The van der Waals surface area contributed by atoms with Gasteiger partial charge >= 0.3 is 0 Å². The van der Waals surface area contributed by atoms with Crippen molar-refractivity contribution in [2.24, 2.45) is 0 Å². The number of aryl methyl sites for hydroxylation is 1. The van der Waals surface area contributed by atoms with Gasteiger partial charge in [0.1, 0.15) is 0 Å². The molecule has 1 aromatic rings. The monoisotopic (exact) mass is 239 g/mol.